The molecule has 0 atom stereocenters. The molecule has 1 amide bonds. The topological polar surface area (TPSA) is 83.3 Å². The van der Waals surface area contributed by atoms with Gasteiger partial charge in [0.1, 0.15) is 0 Å². The number of rotatable bonds is 6. The van der Waals surface area contributed by atoms with Gasteiger partial charge in [0.2, 0.25) is 5.89 Å². The van der Waals surface area contributed by atoms with E-state index in [4.69, 9.17) is 4.42 Å². The average Bonchev–Trinajstić information content (AvgIpc) is 3.34. The first-order chi connectivity index (χ1) is 16.2. The summed E-state index contributed by atoms with van der Waals surface area (Å²) in [5, 5.41) is 14.7. The molecular formula is C26H31N5O2. The van der Waals surface area contributed by atoms with Crippen molar-refractivity contribution in [1.82, 2.24) is 15.1 Å². The van der Waals surface area contributed by atoms with Crippen LogP contribution in [0.25, 0.3) is 11.5 Å². The molecule has 2 N–H and O–H groups in total. The van der Waals surface area contributed by atoms with Crippen molar-refractivity contribution >= 4 is 17.6 Å². The Hall–Kier alpha value is -3.19. The van der Waals surface area contributed by atoms with Gasteiger partial charge >= 0.3 is 6.01 Å². The zero-order valence-corrected chi connectivity index (χ0v) is 18.9. The number of hydrogen-bond acceptors (Lipinski definition) is 6. The van der Waals surface area contributed by atoms with Crippen LogP contribution >= 0.6 is 0 Å². The highest BCUT2D eigenvalue weighted by atomic mass is 16.4. The predicted molar refractivity (Wildman–Crippen MR) is 129 cm³/mol. The molecule has 2 heterocycles. The van der Waals surface area contributed by atoms with Crippen LogP contribution in [0.5, 0.6) is 0 Å². The number of benzene rings is 2. The Morgan fingerprint density at radius 3 is 2.33 bits per heavy atom. The van der Waals surface area contributed by atoms with Gasteiger partial charge in [0.25, 0.3) is 5.91 Å². The van der Waals surface area contributed by atoms with Crippen LogP contribution in [0.3, 0.4) is 0 Å². The summed E-state index contributed by atoms with van der Waals surface area (Å²) < 4.78 is 5.87. The Morgan fingerprint density at radius 2 is 1.61 bits per heavy atom. The van der Waals surface area contributed by atoms with Crippen molar-refractivity contribution in [1.29, 1.82) is 0 Å². The third-order valence-corrected chi connectivity index (χ3v) is 6.78. The zero-order chi connectivity index (χ0) is 22.5. The number of nitrogens with one attached hydrogen (secondary N) is 2. The number of carbonyl (C=O) groups excluding carboxylic acids is 1. The van der Waals surface area contributed by atoms with Gasteiger partial charge in [0, 0.05) is 28.9 Å². The molecule has 2 aliphatic rings. The van der Waals surface area contributed by atoms with Crippen LogP contribution in [0, 0.1) is 0 Å². The molecule has 5 rings (SSSR count). The molecule has 2 fully saturated rings. The van der Waals surface area contributed by atoms with E-state index in [2.05, 4.69) is 25.7 Å². The van der Waals surface area contributed by atoms with Crippen molar-refractivity contribution in [3.05, 3.63) is 60.2 Å². The zero-order valence-electron chi connectivity index (χ0n) is 18.9. The molecule has 7 nitrogen and oxygen atoms in total. The van der Waals surface area contributed by atoms with Crippen LogP contribution in [0.15, 0.2) is 59.0 Å². The van der Waals surface area contributed by atoms with Crippen LogP contribution < -0.4 is 10.6 Å². The smallest absolute Gasteiger partial charge is 0.315 e. The molecule has 3 aromatic rings. The molecule has 1 aromatic heterocycles. The van der Waals surface area contributed by atoms with E-state index in [9.17, 15) is 4.79 Å². The first-order valence-electron chi connectivity index (χ1n) is 12.1. The second-order valence-corrected chi connectivity index (χ2v) is 9.06. The first kappa shape index (κ1) is 21.6. The van der Waals surface area contributed by atoms with E-state index < -0.39 is 0 Å². The van der Waals surface area contributed by atoms with Gasteiger partial charge in [-0.1, -0.05) is 29.7 Å². The fourth-order valence-corrected chi connectivity index (χ4v) is 4.93. The van der Waals surface area contributed by atoms with Gasteiger partial charge in [-0.15, -0.1) is 5.10 Å². The van der Waals surface area contributed by atoms with Gasteiger partial charge in [0.15, 0.2) is 0 Å². The highest BCUT2D eigenvalue weighted by Crippen LogP contribution is 2.28. The van der Waals surface area contributed by atoms with Gasteiger partial charge in [-0.05, 0) is 88.0 Å². The summed E-state index contributed by atoms with van der Waals surface area (Å²) in [5.41, 5.74) is 2.16. The van der Waals surface area contributed by atoms with Crippen molar-refractivity contribution in [2.45, 2.75) is 57.0 Å². The number of carbonyl (C=O) groups is 1. The van der Waals surface area contributed by atoms with Crippen molar-refractivity contribution in [3.63, 3.8) is 0 Å². The molecule has 0 unspecified atom stereocenters. The van der Waals surface area contributed by atoms with Crippen LogP contribution in [0.2, 0.25) is 0 Å². The lowest BCUT2D eigenvalue weighted by molar-refractivity contribution is 0.102. The van der Waals surface area contributed by atoms with Crippen molar-refractivity contribution in [2.24, 2.45) is 0 Å². The standard InChI is InChI=1S/C26H31N5O2/c32-24(19-7-3-1-4-8-19)27-21-11-9-20(10-12-21)25-29-30-26(33-25)28-22-13-15-23(16-14-22)31-17-5-2-6-18-31/h1,3-4,7-12,22-23H,2,5-6,13-18H2,(H,27,32)(H,28,30). The second kappa shape index (κ2) is 10.2. The third kappa shape index (κ3) is 5.42. The normalized spacial score (nSPS) is 21.5. The number of anilines is 2. The average molecular weight is 446 g/mol. The predicted octanol–water partition coefficient (Wildman–Crippen LogP) is 5.20. The quantitative estimate of drug-likeness (QED) is 0.543. The van der Waals surface area contributed by atoms with Crippen LogP contribution in [0.4, 0.5) is 11.7 Å². The minimum Gasteiger partial charge on any atom is -0.403 e. The fourth-order valence-electron chi connectivity index (χ4n) is 4.93. The first-order valence-corrected chi connectivity index (χ1v) is 12.1. The third-order valence-electron chi connectivity index (χ3n) is 6.78. The Labute approximate surface area is 194 Å². The number of aromatic nitrogens is 2. The number of nitrogens with zero attached hydrogens (tertiary/aromatic N) is 3. The largest absolute Gasteiger partial charge is 0.403 e. The van der Waals surface area contributed by atoms with E-state index in [0.717, 1.165) is 30.1 Å². The lowest BCUT2D eigenvalue weighted by atomic mass is 9.89. The van der Waals surface area contributed by atoms with Crippen LogP contribution in [0.1, 0.15) is 55.3 Å². The van der Waals surface area contributed by atoms with E-state index in [1.807, 2.05) is 42.5 Å². The summed E-state index contributed by atoms with van der Waals surface area (Å²) >= 11 is 0. The van der Waals surface area contributed by atoms with Crippen molar-refractivity contribution in [2.75, 3.05) is 23.7 Å². The van der Waals surface area contributed by atoms with Gasteiger partial charge in [0.05, 0.1) is 0 Å². The van der Waals surface area contributed by atoms with Gasteiger partial charge in [-0.2, -0.15) is 0 Å². The summed E-state index contributed by atoms with van der Waals surface area (Å²) in [5.74, 6) is 0.336. The molecule has 172 valence electrons. The molecule has 1 saturated heterocycles. The highest BCUT2D eigenvalue weighted by Gasteiger charge is 2.27. The lowest BCUT2D eigenvalue weighted by Gasteiger charge is -2.38. The summed E-state index contributed by atoms with van der Waals surface area (Å²) in [6, 6.07) is 18.2. The number of likely N-dealkylation sites (tertiary alicyclic amines) is 1. The lowest BCUT2D eigenvalue weighted by Crippen LogP contribution is -2.43. The minimum atomic E-state index is -0.136. The summed E-state index contributed by atoms with van der Waals surface area (Å²) in [4.78, 5) is 15.0. The number of amides is 1. The summed E-state index contributed by atoms with van der Waals surface area (Å²) in [6.07, 6.45) is 8.82. The maximum absolute atomic E-state index is 12.3. The molecule has 7 heteroatoms. The summed E-state index contributed by atoms with van der Waals surface area (Å²) in [6.45, 7) is 2.54. The van der Waals surface area contributed by atoms with E-state index in [-0.39, 0.29) is 5.91 Å². The highest BCUT2D eigenvalue weighted by molar-refractivity contribution is 6.04. The van der Waals surface area contributed by atoms with E-state index >= 15 is 0 Å². The molecule has 1 saturated carbocycles. The Balaban J connectivity index is 1.13. The van der Waals surface area contributed by atoms with Crippen molar-refractivity contribution in [3.8, 4) is 11.5 Å². The molecular weight excluding hydrogens is 414 g/mol. The molecule has 0 spiro atoms. The molecule has 1 aliphatic carbocycles. The minimum absolute atomic E-state index is 0.136. The Bertz CT molecular complexity index is 1040. The number of piperidine rings is 1. The monoisotopic (exact) mass is 445 g/mol. The van der Waals surface area contributed by atoms with Gasteiger partial charge in [-0.3, -0.25) is 4.79 Å². The van der Waals surface area contributed by atoms with E-state index in [1.54, 1.807) is 12.1 Å². The Kier molecular flexibility index (Phi) is 6.67. The van der Waals surface area contributed by atoms with Crippen LogP contribution in [-0.2, 0) is 0 Å². The SMILES string of the molecule is O=C(Nc1ccc(-c2nnc(NC3CCC(N4CCCCC4)CC3)o2)cc1)c1ccccc1. The molecule has 0 radical (unpaired) electrons. The number of hydrogen-bond donors (Lipinski definition) is 2. The second-order valence-electron chi connectivity index (χ2n) is 9.06. The van der Waals surface area contributed by atoms with E-state index in [1.165, 1.54) is 45.2 Å². The molecule has 2 aromatic carbocycles. The van der Waals surface area contributed by atoms with E-state index in [0.29, 0.717) is 23.5 Å². The summed E-state index contributed by atoms with van der Waals surface area (Å²) in [7, 11) is 0. The van der Waals surface area contributed by atoms with Gasteiger partial charge < -0.3 is 20.0 Å². The molecule has 33 heavy (non-hydrogen) atoms. The molecule has 1 aliphatic heterocycles. The van der Waals surface area contributed by atoms with Crippen LogP contribution in [-0.4, -0.2) is 46.2 Å². The maximum atomic E-state index is 12.3. The molecule has 0 bridgehead atoms. The Morgan fingerprint density at radius 1 is 0.879 bits per heavy atom. The van der Waals surface area contributed by atoms with Crippen molar-refractivity contribution < 1.29 is 9.21 Å². The maximum Gasteiger partial charge on any atom is 0.315 e. The van der Waals surface area contributed by atoms with Gasteiger partial charge in [-0.25, -0.2) is 0 Å². The fraction of sp³-hybridized carbons (Fsp3) is 0.423.